The maximum atomic E-state index is 12.8. The Labute approximate surface area is 123 Å². The van der Waals surface area contributed by atoms with E-state index in [0.29, 0.717) is 22.2 Å². The molecule has 0 aliphatic heterocycles. The lowest BCUT2D eigenvalue weighted by Crippen LogP contribution is -2.05. The molecule has 2 aromatic heterocycles. The molecule has 0 amide bonds. The highest BCUT2D eigenvalue weighted by Gasteiger charge is 2.31. The molecule has 7 heteroatoms. The van der Waals surface area contributed by atoms with Crippen molar-refractivity contribution in [3.63, 3.8) is 0 Å². The Bertz CT molecular complexity index is 859. The smallest absolute Gasteiger partial charge is 0.398 e. The van der Waals surface area contributed by atoms with Gasteiger partial charge in [0.2, 0.25) is 0 Å². The van der Waals surface area contributed by atoms with Gasteiger partial charge >= 0.3 is 6.18 Å². The van der Waals surface area contributed by atoms with E-state index in [-0.39, 0.29) is 11.4 Å². The number of aromatic nitrogens is 2. The van der Waals surface area contributed by atoms with Crippen LogP contribution < -0.4 is 11.5 Å². The van der Waals surface area contributed by atoms with E-state index in [4.69, 9.17) is 11.5 Å². The van der Waals surface area contributed by atoms with Crippen LogP contribution >= 0.6 is 0 Å². The number of halogens is 3. The number of pyridine rings is 2. The highest BCUT2D eigenvalue weighted by atomic mass is 19.4. The summed E-state index contributed by atoms with van der Waals surface area (Å²) in [5, 5.41) is 1.30. The molecule has 0 atom stereocenters. The fraction of sp³-hybridized carbons (Fsp3) is 0.0667. The highest BCUT2D eigenvalue weighted by molar-refractivity contribution is 6.00. The molecule has 0 saturated heterocycles. The molecule has 0 spiro atoms. The van der Waals surface area contributed by atoms with Crippen LogP contribution in [0.4, 0.5) is 24.7 Å². The third kappa shape index (κ3) is 2.41. The van der Waals surface area contributed by atoms with E-state index in [9.17, 15) is 13.2 Å². The second kappa shape index (κ2) is 4.87. The molecule has 112 valence electrons. The molecule has 3 rings (SSSR count). The fourth-order valence-electron chi connectivity index (χ4n) is 2.21. The van der Waals surface area contributed by atoms with Gasteiger partial charge in [-0.1, -0.05) is 12.1 Å². The quantitative estimate of drug-likeness (QED) is 0.675. The first-order chi connectivity index (χ1) is 10.4. The zero-order valence-corrected chi connectivity index (χ0v) is 11.2. The van der Waals surface area contributed by atoms with Crippen LogP contribution in [0.5, 0.6) is 0 Å². The van der Waals surface area contributed by atoms with Crippen LogP contribution in [0.1, 0.15) is 5.56 Å². The topological polar surface area (TPSA) is 77.8 Å². The van der Waals surface area contributed by atoms with Gasteiger partial charge in [-0.2, -0.15) is 13.2 Å². The molecule has 4 nitrogen and oxygen atoms in total. The molecule has 1 aromatic carbocycles. The largest absolute Gasteiger partial charge is 0.417 e. The summed E-state index contributed by atoms with van der Waals surface area (Å²) >= 11 is 0. The van der Waals surface area contributed by atoms with Crippen LogP contribution in [0.15, 0.2) is 42.7 Å². The SMILES string of the molecule is Nc1cccc2c(N)nc(-c3cncc(C(F)(F)F)c3)cc12. The zero-order chi connectivity index (χ0) is 15.9. The number of hydrogen-bond donors (Lipinski definition) is 2. The van der Waals surface area contributed by atoms with E-state index in [1.807, 2.05) is 0 Å². The summed E-state index contributed by atoms with van der Waals surface area (Å²) in [5.41, 5.74) is 11.9. The summed E-state index contributed by atoms with van der Waals surface area (Å²) in [5.74, 6) is 0.206. The normalized spacial score (nSPS) is 11.8. The van der Waals surface area contributed by atoms with Crippen molar-refractivity contribution in [2.24, 2.45) is 0 Å². The van der Waals surface area contributed by atoms with Crippen LogP contribution in [-0.4, -0.2) is 9.97 Å². The van der Waals surface area contributed by atoms with Gasteiger partial charge in [-0.25, -0.2) is 4.98 Å². The van der Waals surface area contributed by atoms with Gasteiger partial charge in [-0.15, -0.1) is 0 Å². The van der Waals surface area contributed by atoms with Gasteiger partial charge in [0, 0.05) is 34.4 Å². The molecule has 4 N–H and O–H groups in total. The van der Waals surface area contributed by atoms with Crippen LogP contribution in [0.2, 0.25) is 0 Å². The maximum Gasteiger partial charge on any atom is 0.417 e. The average molecular weight is 304 g/mol. The van der Waals surface area contributed by atoms with Crippen molar-refractivity contribution in [2.75, 3.05) is 11.5 Å². The number of hydrogen-bond acceptors (Lipinski definition) is 4. The number of nitrogens with zero attached hydrogens (tertiary/aromatic N) is 2. The number of nitrogen functional groups attached to an aromatic ring is 2. The van der Waals surface area contributed by atoms with E-state index in [2.05, 4.69) is 9.97 Å². The fourth-order valence-corrected chi connectivity index (χ4v) is 2.21. The monoisotopic (exact) mass is 304 g/mol. The predicted molar refractivity (Wildman–Crippen MR) is 78.8 cm³/mol. The molecule has 2 heterocycles. The number of rotatable bonds is 1. The Balaban J connectivity index is 2.21. The summed E-state index contributed by atoms with van der Waals surface area (Å²) in [6, 6.07) is 7.78. The molecule has 3 aromatic rings. The van der Waals surface area contributed by atoms with Crippen molar-refractivity contribution in [1.29, 1.82) is 0 Å². The Morgan fingerprint density at radius 1 is 0.955 bits per heavy atom. The van der Waals surface area contributed by atoms with Crippen molar-refractivity contribution >= 4 is 22.3 Å². The minimum absolute atomic E-state index is 0.206. The van der Waals surface area contributed by atoms with Gasteiger partial charge < -0.3 is 11.5 Å². The van der Waals surface area contributed by atoms with Gasteiger partial charge in [0.25, 0.3) is 0 Å². The Kier molecular flexibility index (Phi) is 3.13. The summed E-state index contributed by atoms with van der Waals surface area (Å²) in [7, 11) is 0. The van der Waals surface area contributed by atoms with Crippen LogP contribution in [-0.2, 0) is 6.18 Å². The minimum Gasteiger partial charge on any atom is -0.398 e. The minimum atomic E-state index is -4.47. The third-order valence-corrected chi connectivity index (χ3v) is 3.30. The summed E-state index contributed by atoms with van der Waals surface area (Å²) in [4.78, 5) is 7.78. The van der Waals surface area contributed by atoms with Crippen molar-refractivity contribution in [3.05, 3.63) is 48.3 Å². The summed E-state index contributed by atoms with van der Waals surface area (Å²) in [6.45, 7) is 0. The van der Waals surface area contributed by atoms with Gasteiger partial charge in [0.05, 0.1) is 11.3 Å². The van der Waals surface area contributed by atoms with Crippen LogP contribution in [0, 0.1) is 0 Å². The molecule has 22 heavy (non-hydrogen) atoms. The molecule has 0 aliphatic rings. The van der Waals surface area contributed by atoms with Gasteiger partial charge in [0.1, 0.15) is 5.82 Å². The van der Waals surface area contributed by atoms with Gasteiger partial charge in [-0.3, -0.25) is 4.98 Å². The number of nitrogens with two attached hydrogens (primary N) is 2. The second-order valence-corrected chi connectivity index (χ2v) is 4.80. The van der Waals surface area contributed by atoms with E-state index < -0.39 is 11.7 Å². The van der Waals surface area contributed by atoms with Crippen molar-refractivity contribution < 1.29 is 13.2 Å². The third-order valence-electron chi connectivity index (χ3n) is 3.30. The number of fused-ring (bicyclic) bond motifs is 1. The van der Waals surface area contributed by atoms with Crippen molar-refractivity contribution in [2.45, 2.75) is 6.18 Å². The summed E-state index contributed by atoms with van der Waals surface area (Å²) < 4.78 is 38.3. The average Bonchev–Trinajstić information content (AvgIpc) is 2.47. The van der Waals surface area contributed by atoms with E-state index in [0.717, 1.165) is 12.3 Å². The molecular weight excluding hydrogens is 293 g/mol. The molecule has 0 saturated carbocycles. The molecule has 0 radical (unpaired) electrons. The Hall–Kier alpha value is -2.83. The van der Waals surface area contributed by atoms with Crippen LogP contribution in [0.25, 0.3) is 22.0 Å². The number of anilines is 2. The lowest BCUT2D eigenvalue weighted by Gasteiger charge is -2.10. The predicted octanol–water partition coefficient (Wildman–Crippen LogP) is 3.48. The first-order valence-electron chi connectivity index (χ1n) is 6.33. The molecule has 0 unspecified atom stereocenters. The first kappa shape index (κ1) is 14.1. The lowest BCUT2D eigenvalue weighted by atomic mass is 10.1. The van der Waals surface area contributed by atoms with Crippen molar-refractivity contribution in [3.8, 4) is 11.3 Å². The Morgan fingerprint density at radius 2 is 1.73 bits per heavy atom. The van der Waals surface area contributed by atoms with E-state index in [1.54, 1.807) is 24.3 Å². The molecule has 0 aliphatic carbocycles. The standard InChI is InChI=1S/C15H11F3N4/c16-15(17,18)9-4-8(6-21-7-9)13-5-11-10(14(20)22-13)2-1-3-12(11)19/h1-7H,19H2,(H2,20,22). The number of benzene rings is 1. The first-order valence-corrected chi connectivity index (χ1v) is 6.33. The van der Waals surface area contributed by atoms with Crippen LogP contribution in [0.3, 0.4) is 0 Å². The number of alkyl halides is 3. The highest BCUT2D eigenvalue weighted by Crippen LogP contribution is 2.33. The van der Waals surface area contributed by atoms with E-state index >= 15 is 0 Å². The maximum absolute atomic E-state index is 12.8. The second-order valence-electron chi connectivity index (χ2n) is 4.80. The van der Waals surface area contributed by atoms with Gasteiger partial charge in [0.15, 0.2) is 0 Å². The molecular formula is C15H11F3N4. The van der Waals surface area contributed by atoms with E-state index in [1.165, 1.54) is 6.20 Å². The summed E-state index contributed by atoms with van der Waals surface area (Å²) in [6.07, 6.45) is -2.39. The lowest BCUT2D eigenvalue weighted by molar-refractivity contribution is -0.137. The van der Waals surface area contributed by atoms with Crippen molar-refractivity contribution in [1.82, 2.24) is 9.97 Å². The zero-order valence-electron chi connectivity index (χ0n) is 11.2. The Morgan fingerprint density at radius 3 is 2.45 bits per heavy atom. The molecule has 0 bridgehead atoms. The van der Waals surface area contributed by atoms with Gasteiger partial charge in [-0.05, 0) is 18.2 Å². The molecule has 0 fully saturated rings.